The molecule has 0 aliphatic carbocycles. The van der Waals surface area contributed by atoms with E-state index in [0.717, 1.165) is 5.56 Å². The minimum absolute atomic E-state index is 0.0114. The third kappa shape index (κ3) is 3.47. The Morgan fingerprint density at radius 3 is 2.90 bits per heavy atom. The Morgan fingerprint density at radius 1 is 1.38 bits per heavy atom. The highest BCUT2D eigenvalue weighted by atomic mass is 16.4. The van der Waals surface area contributed by atoms with E-state index in [1.54, 1.807) is 24.3 Å². The summed E-state index contributed by atoms with van der Waals surface area (Å²) in [5.74, 6) is -0.478. The number of nitrogens with one attached hydrogen (secondary N) is 2. The van der Waals surface area contributed by atoms with Gasteiger partial charge in [-0.2, -0.15) is 0 Å². The van der Waals surface area contributed by atoms with Crippen molar-refractivity contribution in [1.29, 1.82) is 0 Å². The predicted molar refractivity (Wildman–Crippen MR) is 77.2 cm³/mol. The molecule has 7 nitrogen and oxygen atoms in total. The number of carbonyl (C=O) groups is 1. The van der Waals surface area contributed by atoms with E-state index in [2.05, 4.69) is 15.5 Å². The molecule has 0 bridgehead atoms. The fourth-order valence-electron chi connectivity index (χ4n) is 1.77. The summed E-state index contributed by atoms with van der Waals surface area (Å²) in [5.41, 5.74) is 6.50. The van der Waals surface area contributed by atoms with Gasteiger partial charge in [0.05, 0.1) is 0 Å². The van der Waals surface area contributed by atoms with E-state index in [1.807, 2.05) is 0 Å². The second-order valence-corrected chi connectivity index (χ2v) is 4.29. The Morgan fingerprint density at radius 2 is 2.19 bits per heavy atom. The van der Waals surface area contributed by atoms with Gasteiger partial charge < -0.3 is 21.2 Å². The van der Waals surface area contributed by atoms with E-state index in [0.29, 0.717) is 5.56 Å². The lowest BCUT2D eigenvalue weighted by atomic mass is 10.1. The number of carbonyl (C=O) groups excluding carboxylic acids is 1. The Hall–Kier alpha value is -3.09. The average molecular weight is 286 g/mol. The third-order valence-electron chi connectivity index (χ3n) is 2.85. The van der Waals surface area contributed by atoms with Crippen LogP contribution in [-0.4, -0.2) is 21.9 Å². The molecule has 1 aromatic heterocycles. The number of pyridine rings is 1. The molecular formula is C14H14N4O3. The zero-order valence-corrected chi connectivity index (χ0v) is 11.0. The highest BCUT2D eigenvalue weighted by Crippen LogP contribution is 2.05. The van der Waals surface area contributed by atoms with Crippen LogP contribution in [0.2, 0.25) is 0 Å². The summed E-state index contributed by atoms with van der Waals surface area (Å²) in [6.07, 6.45) is 2.81. The van der Waals surface area contributed by atoms with E-state index in [1.165, 1.54) is 18.5 Å². The highest BCUT2D eigenvalue weighted by Gasteiger charge is 2.09. The summed E-state index contributed by atoms with van der Waals surface area (Å²) in [4.78, 5) is 26.1. The number of benzene rings is 1. The van der Waals surface area contributed by atoms with Crippen LogP contribution >= 0.6 is 0 Å². The van der Waals surface area contributed by atoms with Crippen LogP contribution in [0, 0.1) is 0 Å². The second-order valence-electron chi connectivity index (χ2n) is 4.29. The Bertz CT molecular complexity index is 737. The van der Waals surface area contributed by atoms with Crippen LogP contribution in [0.15, 0.2) is 52.7 Å². The minimum Gasteiger partial charge on any atom is -0.409 e. The van der Waals surface area contributed by atoms with Crippen LogP contribution in [0.3, 0.4) is 0 Å². The summed E-state index contributed by atoms with van der Waals surface area (Å²) < 4.78 is 0. The Balaban J connectivity index is 2.09. The molecule has 1 heterocycles. The number of aromatic amines is 1. The van der Waals surface area contributed by atoms with Gasteiger partial charge in [-0.1, -0.05) is 23.4 Å². The van der Waals surface area contributed by atoms with E-state index >= 15 is 0 Å². The number of amides is 1. The van der Waals surface area contributed by atoms with E-state index in [4.69, 9.17) is 10.9 Å². The van der Waals surface area contributed by atoms with Crippen molar-refractivity contribution in [3.63, 3.8) is 0 Å². The van der Waals surface area contributed by atoms with Gasteiger partial charge in [0.2, 0.25) is 0 Å². The highest BCUT2D eigenvalue weighted by molar-refractivity contribution is 5.97. The largest absolute Gasteiger partial charge is 0.409 e. The lowest BCUT2D eigenvalue weighted by Gasteiger charge is -2.06. The van der Waals surface area contributed by atoms with Crippen LogP contribution < -0.4 is 16.5 Å². The van der Waals surface area contributed by atoms with Gasteiger partial charge in [0.25, 0.3) is 5.91 Å². The van der Waals surface area contributed by atoms with E-state index in [-0.39, 0.29) is 23.4 Å². The van der Waals surface area contributed by atoms with Gasteiger partial charge in [-0.05, 0) is 11.6 Å². The van der Waals surface area contributed by atoms with Gasteiger partial charge in [-0.15, -0.1) is 0 Å². The van der Waals surface area contributed by atoms with Gasteiger partial charge in [0.1, 0.15) is 5.56 Å². The van der Waals surface area contributed by atoms with Gasteiger partial charge in [-0.3, -0.25) is 9.59 Å². The predicted octanol–water partition coefficient (Wildman–Crippen LogP) is 0.399. The normalized spacial score (nSPS) is 11.1. The van der Waals surface area contributed by atoms with Crippen LogP contribution in [0.1, 0.15) is 21.5 Å². The number of rotatable bonds is 4. The Labute approximate surface area is 120 Å². The number of aromatic nitrogens is 1. The molecule has 0 saturated heterocycles. The minimum atomic E-state index is -0.467. The summed E-state index contributed by atoms with van der Waals surface area (Å²) >= 11 is 0. The average Bonchev–Trinajstić information content (AvgIpc) is 2.52. The van der Waals surface area contributed by atoms with Gasteiger partial charge >= 0.3 is 0 Å². The molecule has 7 heteroatoms. The van der Waals surface area contributed by atoms with Crippen molar-refractivity contribution in [3.8, 4) is 0 Å². The zero-order chi connectivity index (χ0) is 15.2. The van der Waals surface area contributed by atoms with E-state index in [9.17, 15) is 9.59 Å². The van der Waals surface area contributed by atoms with Crippen molar-refractivity contribution >= 4 is 11.7 Å². The first-order valence-corrected chi connectivity index (χ1v) is 6.14. The van der Waals surface area contributed by atoms with Crippen molar-refractivity contribution in [2.24, 2.45) is 10.9 Å². The maximum Gasteiger partial charge on any atom is 0.257 e. The molecule has 0 radical (unpaired) electrons. The number of oxime groups is 1. The number of hydrogen-bond donors (Lipinski definition) is 4. The maximum absolute atomic E-state index is 11.9. The summed E-state index contributed by atoms with van der Waals surface area (Å²) in [5, 5.41) is 14.2. The van der Waals surface area contributed by atoms with Crippen LogP contribution in [0.4, 0.5) is 0 Å². The molecule has 0 spiro atoms. The monoisotopic (exact) mass is 286 g/mol. The second kappa shape index (κ2) is 6.38. The number of H-pyrrole nitrogens is 1. The molecule has 1 amide bonds. The first kappa shape index (κ1) is 14.3. The summed E-state index contributed by atoms with van der Waals surface area (Å²) in [7, 11) is 0. The number of nitrogens with two attached hydrogens (primary N) is 1. The molecule has 2 rings (SSSR count). The smallest absolute Gasteiger partial charge is 0.257 e. The van der Waals surface area contributed by atoms with E-state index < -0.39 is 5.91 Å². The summed E-state index contributed by atoms with van der Waals surface area (Å²) in [6, 6.07) is 8.16. The molecule has 2 aromatic rings. The van der Waals surface area contributed by atoms with Gasteiger partial charge in [-0.25, -0.2) is 0 Å². The summed E-state index contributed by atoms with van der Waals surface area (Å²) in [6.45, 7) is 0.222. The third-order valence-corrected chi connectivity index (χ3v) is 2.85. The lowest BCUT2D eigenvalue weighted by molar-refractivity contribution is 0.0949. The molecule has 0 atom stereocenters. The molecule has 5 N–H and O–H groups in total. The van der Waals surface area contributed by atoms with Gasteiger partial charge in [0, 0.05) is 30.6 Å². The fourth-order valence-corrected chi connectivity index (χ4v) is 1.77. The van der Waals surface area contributed by atoms with Crippen LogP contribution in [0.25, 0.3) is 0 Å². The van der Waals surface area contributed by atoms with Crippen molar-refractivity contribution in [3.05, 3.63) is 69.6 Å². The Kier molecular flexibility index (Phi) is 4.35. The molecule has 0 aliphatic rings. The van der Waals surface area contributed by atoms with Gasteiger partial charge in [0.15, 0.2) is 11.3 Å². The molecule has 0 aliphatic heterocycles. The van der Waals surface area contributed by atoms with Crippen LogP contribution in [-0.2, 0) is 6.54 Å². The number of hydrogen-bond acceptors (Lipinski definition) is 4. The quantitative estimate of drug-likeness (QED) is 0.281. The van der Waals surface area contributed by atoms with Crippen molar-refractivity contribution < 1.29 is 10.0 Å². The number of nitrogens with zero attached hydrogens (tertiary/aromatic N) is 1. The first-order valence-electron chi connectivity index (χ1n) is 6.14. The zero-order valence-electron chi connectivity index (χ0n) is 11.0. The fraction of sp³-hybridized carbons (Fsp3) is 0.0714. The van der Waals surface area contributed by atoms with Crippen LogP contribution in [0.5, 0.6) is 0 Å². The van der Waals surface area contributed by atoms with Crippen molar-refractivity contribution in [2.75, 3.05) is 0 Å². The lowest BCUT2D eigenvalue weighted by Crippen LogP contribution is -2.28. The first-order chi connectivity index (χ1) is 10.1. The molecule has 21 heavy (non-hydrogen) atoms. The topological polar surface area (TPSA) is 121 Å². The molecule has 0 saturated carbocycles. The standard InChI is InChI=1S/C14H14N4O3/c15-13(18-21)10-3-1-2-9(6-10)7-17-14(20)11-8-16-5-4-12(11)19/h1-6,8,21H,7H2,(H2,15,18)(H,16,19)(H,17,20). The molecule has 0 unspecified atom stereocenters. The van der Waals surface area contributed by atoms with Crippen molar-refractivity contribution in [2.45, 2.75) is 6.54 Å². The number of amidine groups is 1. The molecule has 108 valence electrons. The molecular weight excluding hydrogens is 272 g/mol. The molecule has 1 aromatic carbocycles. The van der Waals surface area contributed by atoms with Crippen molar-refractivity contribution in [1.82, 2.24) is 10.3 Å². The maximum atomic E-state index is 11.9. The molecule has 0 fully saturated rings. The SMILES string of the molecule is N/C(=N/O)c1cccc(CNC(=O)c2c[nH]ccc2=O)c1.